The molecule has 118 valence electrons. The van der Waals surface area contributed by atoms with Crippen molar-refractivity contribution in [1.82, 2.24) is 9.55 Å². The largest absolute Gasteiger partial charge is 0.486 e. The summed E-state index contributed by atoms with van der Waals surface area (Å²) in [4.78, 5) is 4.55. The summed E-state index contributed by atoms with van der Waals surface area (Å²) >= 11 is 0. The highest BCUT2D eigenvalue weighted by Gasteiger charge is 2.20. The van der Waals surface area contributed by atoms with E-state index in [0.717, 1.165) is 5.52 Å². The molecule has 0 radical (unpaired) electrons. The predicted molar refractivity (Wildman–Crippen MR) is 83.2 cm³/mol. The van der Waals surface area contributed by atoms with E-state index in [1.807, 2.05) is 6.07 Å². The summed E-state index contributed by atoms with van der Waals surface area (Å²) in [6, 6.07) is 10.1. The molecule has 0 spiro atoms. The van der Waals surface area contributed by atoms with E-state index in [9.17, 15) is 9.50 Å². The summed E-state index contributed by atoms with van der Waals surface area (Å²) in [6.07, 6.45) is 0. The minimum absolute atomic E-state index is 0.0681. The zero-order chi connectivity index (χ0) is 15.8. The van der Waals surface area contributed by atoms with Gasteiger partial charge in [0.05, 0.1) is 23.2 Å². The van der Waals surface area contributed by atoms with E-state index in [1.54, 1.807) is 28.8 Å². The molecule has 6 heteroatoms. The predicted octanol–water partition coefficient (Wildman–Crippen LogP) is 2.61. The zero-order valence-corrected chi connectivity index (χ0v) is 12.3. The Balaban J connectivity index is 1.97. The Morgan fingerprint density at radius 3 is 2.61 bits per heavy atom. The molecule has 1 N–H and O–H groups in total. The molecule has 0 saturated carbocycles. The Morgan fingerprint density at radius 1 is 1.13 bits per heavy atom. The van der Waals surface area contributed by atoms with Crippen LogP contribution in [0.2, 0.25) is 0 Å². The lowest BCUT2D eigenvalue weighted by Gasteiger charge is -2.18. The van der Waals surface area contributed by atoms with E-state index in [1.165, 1.54) is 6.07 Å². The van der Waals surface area contributed by atoms with Gasteiger partial charge in [-0.3, -0.25) is 0 Å². The first kappa shape index (κ1) is 14.0. The lowest BCUT2D eigenvalue weighted by molar-refractivity contribution is 0.172. The van der Waals surface area contributed by atoms with Crippen molar-refractivity contribution in [3.63, 3.8) is 0 Å². The van der Waals surface area contributed by atoms with Crippen LogP contribution in [-0.4, -0.2) is 34.5 Å². The maximum atomic E-state index is 14.2. The molecule has 1 aliphatic heterocycles. The maximum Gasteiger partial charge on any atom is 0.163 e. The van der Waals surface area contributed by atoms with Crippen molar-refractivity contribution in [2.24, 2.45) is 0 Å². The highest BCUT2D eigenvalue weighted by atomic mass is 19.1. The minimum Gasteiger partial charge on any atom is -0.486 e. The van der Waals surface area contributed by atoms with E-state index in [-0.39, 0.29) is 12.4 Å². The van der Waals surface area contributed by atoms with Gasteiger partial charge in [0.1, 0.15) is 24.9 Å². The molecule has 5 nitrogen and oxygen atoms in total. The molecule has 1 aliphatic rings. The van der Waals surface area contributed by atoms with E-state index < -0.39 is 0 Å². The number of hydrogen-bond donors (Lipinski definition) is 1. The normalized spacial score (nSPS) is 13.5. The molecule has 0 unspecified atom stereocenters. The molecule has 0 bridgehead atoms. The van der Waals surface area contributed by atoms with E-state index >= 15 is 0 Å². The number of hydrogen-bond acceptors (Lipinski definition) is 4. The quantitative estimate of drug-likeness (QED) is 0.807. The van der Waals surface area contributed by atoms with Crippen LogP contribution in [0.4, 0.5) is 4.39 Å². The fourth-order valence-electron chi connectivity index (χ4n) is 2.84. The second-order valence-electron chi connectivity index (χ2n) is 5.28. The van der Waals surface area contributed by atoms with Crippen LogP contribution < -0.4 is 9.47 Å². The number of fused-ring (bicyclic) bond motifs is 2. The van der Waals surface area contributed by atoms with Gasteiger partial charge in [0.2, 0.25) is 0 Å². The first-order chi connectivity index (χ1) is 11.3. The second-order valence-corrected chi connectivity index (χ2v) is 5.28. The van der Waals surface area contributed by atoms with Gasteiger partial charge in [-0.1, -0.05) is 12.1 Å². The van der Waals surface area contributed by atoms with Crippen LogP contribution >= 0.6 is 0 Å². The highest BCUT2D eigenvalue weighted by Crippen LogP contribution is 2.36. The van der Waals surface area contributed by atoms with Crippen molar-refractivity contribution < 1.29 is 19.0 Å². The lowest BCUT2D eigenvalue weighted by Crippen LogP contribution is -2.15. The van der Waals surface area contributed by atoms with Crippen molar-refractivity contribution in [3.8, 4) is 22.9 Å². The number of aliphatic hydroxyl groups excluding tert-OH is 1. The second kappa shape index (κ2) is 5.55. The first-order valence-corrected chi connectivity index (χ1v) is 7.43. The van der Waals surface area contributed by atoms with Gasteiger partial charge in [-0.25, -0.2) is 9.37 Å². The summed E-state index contributed by atoms with van der Waals surface area (Å²) in [6.45, 7) is 1.24. The number of halogens is 1. The topological polar surface area (TPSA) is 56.5 Å². The molecule has 0 atom stereocenters. The van der Waals surface area contributed by atoms with E-state index in [0.29, 0.717) is 48.2 Å². The minimum atomic E-state index is -0.348. The average Bonchev–Trinajstić information content (AvgIpc) is 2.91. The molecule has 2 heterocycles. The van der Waals surface area contributed by atoms with Crippen LogP contribution in [0.5, 0.6) is 11.5 Å². The number of benzene rings is 2. The molecule has 4 rings (SSSR count). The third-order valence-electron chi connectivity index (χ3n) is 3.85. The average molecular weight is 314 g/mol. The zero-order valence-electron chi connectivity index (χ0n) is 12.3. The Bertz CT molecular complexity index is 876. The Kier molecular flexibility index (Phi) is 3.38. The summed E-state index contributed by atoms with van der Waals surface area (Å²) < 4.78 is 27.1. The molecule has 0 aliphatic carbocycles. The summed E-state index contributed by atoms with van der Waals surface area (Å²) in [5.41, 5.74) is 1.86. The number of aliphatic hydroxyl groups is 1. The molecule has 0 amide bonds. The van der Waals surface area contributed by atoms with Crippen molar-refractivity contribution in [3.05, 3.63) is 42.2 Å². The van der Waals surface area contributed by atoms with Crippen LogP contribution in [0.25, 0.3) is 22.4 Å². The number of imidazole rings is 1. The van der Waals surface area contributed by atoms with Gasteiger partial charge in [-0.2, -0.15) is 0 Å². The first-order valence-electron chi connectivity index (χ1n) is 7.43. The summed E-state index contributed by atoms with van der Waals surface area (Å²) in [5.74, 6) is 1.41. The van der Waals surface area contributed by atoms with Gasteiger partial charge in [0, 0.05) is 18.7 Å². The van der Waals surface area contributed by atoms with Gasteiger partial charge >= 0.3 is 0 Å². The van der Waals surface area contributed by atoms with Gasteiger partial charge in [-0.05, 0) is 12.1 Å². The van der Waals surface area contributed by atoms with E-state index in [4.69, 9.17) is 9.47 Å². The Morgan fingerprint density at radius 2 is 1.87 bits per heavy atom. The van der Waals surface area contributed by atoms with Crippen LogP contribution in [0, 0.1) is 5.82 Å². The Hall–Kier alpha value is -2.60. The van der Waals surface area contributed by atoms with Crippen molar-refractivity contribution in [1.29, 1.82) is 0 Å². The molecule has 3 aromatic rings. The fourth-order valence-corrected chi connectivity index (χ4v) is 2.84. The van der Waals surface area contributed by atoms with Gasteiger partial charge in [0.15, 0.2) is 11.5 Å². The molecule has 2 aromatic carbocycles. The third kappa shape index (κ3) is 2.31. The van der Waals surface area contributed by atoms with Crippen LogP contribution in [0.15, 0.2) is 36.4 Å². The van der Waals surface area contributed by atoms with Crippen LogP contribution in [0.1, 0.15) is 0 Å². The standard InChI is InChI=1S/C17H15FN2O3/c18-12-4-2-1-3-11(12)17-19-13-9-15-16(23-8-7-22-15)10-14(13)20(17)5-6-21/h1-4,9-10,21H,5-8H2. The summed E-state index contributed by atoms with van der Waals surface area (Å²) in [7, 11) is 0. The SMILES string of the molecule is OCCn1c(-c2ccccc2F)nc2cc3c(cc21)OCCO3. The van der Waals surface area contributed by atoms with Crippen LogP contribution in [-0.2, 0) is 6.54 Å². The fraction of sp³-hybridized carbons (Fsp3) is 0.235. The molecule has 1 aromatic heterocycles. The molecular weight excluding hydrogens is 299 g/mol. The monoisotopic (exact) mass is 314 g/mol. The number of ether oxygens (including phenoxy) is 2. The smallest absolute Gasteiger partial charge is 0.163 e. The maximum absolute atomic E-state index is 14.2. The third-order valence-corrected chi connectivity index (χ3v) is 3.85. The molecular formula is C17H15FN2O3. The van der Waals surface area contributed by atoms with E-state index in [2.05, 4.69) is 4.98 Å². The van der Waals surface area contributed by atoms with Crippen LogP contribution in [0.3, 0.4) is 0 Å². The Labute approximate surface area is 131 Å². The number of aromatic nitrogens is 2. The number of nitrogens with zero attached hydrogens (tertiary/aromatic N) is 2. The number of rotatable bonds is 3. The van der Waals surface area contributed by atoms with Crippen molar-refractivity contribution in [2.75, 3.05) is 19.8 Å². The molecule has 0 saturated heterocycles. The van der Waals surface area contributed by atoms with Crippen molar-refractivity contribution in [2.45, 2.75) is 6.54 Å². The molecule has 23 heavy (non-hydrogen) atoms. The van der Waals surface area contributed by atoms with Gasteiger partial charge in [0.25, 0.3) is 0 Å². The molecule has 0 fully saturated rings. The van der Waals surface area contributed by atoms with Crippen molar-refractivity contribution >= 4 is 11.0 Å². The van der Waals surface area contributed by atoms with Gasteiger partial charge in [-0.15, -0.1) is 0 Å². The highest BCUT2D eigenvalue weighted by molar-refractivity contribution is 5.84. The lowest BCUT2D eigenvalue weighted by atomic mass is 10.2. The summed E-state index contributed by atoms with van der Waals surface area (Å²) in [5, 5.41) is 9.38. The van der Waals surface area contributed by atoms with Gasteiger partial charge < -0.3 is 19.1 Å².